The van der Waals surface area contributed by atoms with Crippen molar-refractivity contribution >= 4 is 40.5 Å². The van der Waals surface area contributed by atoms with Gasteiger partial charge in [-0.15, -0.1) is 11.3 Å². The van der Waals surface area contributed by atoms with E-state index in [9.17, 15) is 14.4 Å². The molecule has 1 aromatic heterocycles. The van der Waals surface area contributed by atoms with Gasteiger partial charge in [-0.2, -0.15) is 0 Å². The van der Waals surface area contributed by atoms with Crippen LogP contribution in [0.15, 0.2) is 29.6 Å². The third-order valence-corrected chi connectivity index (χ3v) is 7.66. The Morgan fingerprint density at radius 2 is 1.80 bits per heavy atom. The maximum absolute atomic E-state index is 13.0. The van der Waals surface area contributed by atoms with Crippen molar-refractivity contribution < 1.29 is 19.1 Å². The lowest BCUT2D eigenvalue weighted by atomic mass is 9.97. The fourth-order valence-electron chi connectivity index (χ4n) is 4.73. The fourth-order valence-corrected chi connectivity index (χ4v) is 5.70. The molecule has 0 unspecified atom stereocenters. The number of amides is 2. The minimum absolute atomic E-state index is 0.0110. The van der Waals surface area contributed by atoms with E-state index in [1.54, 1.807) is 6.92 Å². The molecule has 3 heterocycles. The molecule has 2 saturated heterocycles. The lowest BCUT2D eigenvalue weighted by Gasteiger charge is -2.31. The topological polar surface area (TPSA) is 91.8 Å². The number of thiazole rings is 1. The van der Waals surface area contributed by atoms with Gasteiger partial charge in [-0.1, -0.05) is 12.1 Å². The number of hydrogen-bond acceptors (Lipinski definition) is 7. The lowest BCUT2D eigenvalue weighted by Crippen LogP contribution is -2.38. The molecule has 0 bridgehead atoms. The van der Waals surface area contributed by atoms with Gasteiger partial charge >= 0.3 is 5.97 Å². The highest BCUT2D eigenvalue weighted by Gasteiger charge is 2.27. The Kier molecular flexibility index (Phi) is 8.74. The maximum atomic E-state index is 13.0. The van der Waals surface area contributed by atoms with Crippen LogP contribution in [0.25, 0.3) is 0 Å². The molecule has 8 nitrogen and oxygen atoms in total. The number of benzene rings is 1. The lowest BCUT2D eigenvalue weighted by molar-refractivity contribution is -0.145. The first-order valence-corrected chi connectivity index (χ1v) is 13.5. The van der Waals surface area contributed by atoms with E-state index < -0.39 is 0 Å². The molecule has 2 aromatic rings. The van der Waals surface area contributed by atoms with Gasteiger partial charge in [0.1, 0.15) is 5.69 Å². The number of nitrogens with one attached hydrogen (secondary N) is 1. The fraction of sp³-hybridized carbons (Fsp3) is 0.538. The second kappa shape index (κ2) is 12.2. The van der Waals surface area contributed by atoms with Crippen LogP contribution >= 0.6 is 11.3 Å². The summed E-state index contributed by atoms with van der Waals surface area (Å²) < 4.78 is 4.90. The van der Waals surface area contributed by atoms with Gasteiger partial charge in [-0.25, -0.2) is 4.98 Å². The largest absolute Gasteiger partial charge is 0.466 e. The Balaban J connectivity index is 1.30. The number of anilines is 2. The van der Waals surface area contributed by atoms with Gasteiger partial charge in [0.2, 0.25) is 5.91 Å². The zero-order valence-electron chi connectivity index (χ0n) is 20.3. The van der Waals surface area contributed by atoms with Crippen LogP contribution in [0.5, 0.6) is 0 Å². The Hall–Kier alpha value is -2.94. The number of aromatic nitrogens is 1. The van der Waals surface area contributed by atoms with Crippen LogP contribution in [0.3, 0.4) is 0 Å². The Morgan fingerprint density at radius 1 is 1.06 bits per heavy atom. The highest BCUT2D eigenvalue weighted by atomic mass is 32.1. The number of carbonyl (C=O) groups is 3. The second-order valence-corrected chi connectivity index (χ2v) is 9.94. The van der Waals surface area contributed by atoms with Crippen molar-refractivity contribution in [1.29, 1.82) is 0 Å². The van der Waals surface area contributed by atoms with Gasteiger partial charge in [0.05, 0.1) is 29.4 Å². The van der Waals surface area contributed by atoms with Gasteiger partial charge in [-0.05, 0) is 51.2 Å². The van der Waals surface area contributed by atoms with E-state index in [0.29, 0.717) is 25.4 Å². The van der Waals surface area contributed by atoms with Crippen molar-refractivity contribution in [2.45, 2.75) is 57.8 Å². The molecule has 1 N–H and O–H groups in total. The standard InChI is InChI=1S/C26H34N4O4S/c1-2-34-24(32)11-10-23(31)30-16-12-19(13-17-30)26-28-21(18-35-26)25(33)27-20-8-4-5-9-22(20)29-14-6-3-7-15-29/h4-5,8-9,18-19H,2-3,6-7,10-17H2,1H3,(H,27,33). The molecule has 0 radical (unpaired) electrons. The summed E-state index contributed by atoms with van der Waals surface area (Å²) in [6.45, 7) is 5.38. The van der Waals surface area contributed by atoms with E-state index in [2.05, 4.69) is 21.3 Å². The van der Waals surface area contributed by atoms with E-state index in [1.165, 1.54) is 30.6 Å². The third kappa shape index (κ3) is 6.60. The summed E-state index contributed by atoms with van der Waals surface area (Å²) in [6, 6.07) is 7.96. The average molecular weight is 499 g/mol. The van der Waals surface area contributed by atoms with E-state index in [4.69, 9.17) is 4.74 Å². The molecule has 4 rings (SSSR count). The quantitative estimate of drug-likeness (QED) is 0.541. The number of hydrogen-bond donors (Lipinski definition) is 1. The number of likely N-dealkylation sites (tertiary alicyclic amines) is 1. The van der Waals surface area contributed by atoms with Gasteiger partial charge in [-0.3, -0.25) is 14.4 Å². The zero-order chi connectivity index (χ0) is 24.6. The van der Waals surface area contributed by atoms with Crippen LogP contribution in [0, 0.1) is 0 Å². The average Bonchev–Trinajstić information content (AvgIpc) is 3.39. The minimum atomic E-state index is -0.331. The summed E-state index contributed by atoms with van der Waals surface area (Å²) in [4.78, 5) is 45.7. The van der Waals surface area contributed by atoms with Crippen LogP contribution in [-0.2, 0) is 14.3 Å². The molecule has 1 aromatic carbocycles. The van der Waals surface area contributed by atoms with Crippen LogP contribution < -0.4 is 10.2 Å². The molecule has 9 heteroatoms. The molecule has 0 atom stereocenters. The van der Waals surface area contributed by atoms with Crippen molar-refractivity contribution in [3.8, 4) is 0 Å². The molecule has 0 aliphatic carbocycles. The van der Waals surface area contributed by atoms with Crippen molar-refractivity contribution in [3.63, 3.8) is 0 Å². The monoisotopic (exact) mass is 498 g/mol. The SMILES string of the molecule is CCOC(=O)CCC(=O)N1CCC(c2nc(C(=O)Nc3ccccc3N3CCCCC3)cs2)CC1. The number of nitrogens with zero attached hydrogens (tertiary/aromatic N) is 3. The van der Waals surface area contributed by atoms with E-state index in [0.717, 1.165) is 42.3 Å². The first-order chi connectivity index (χ1) is 17.0. The molecule has 188 valence electrons. The number of esters is 1. The van der Waals surface area contributed by atoms with Crippen LogP contribution in [0.2, 0.25) is 0 Å². The highest BCUT2D eigenvalue weighted by molar-refractivity contribution is 7.10. The van der Waals surface area contributed by atoms with Crippen molar-refractivity contribution in [2.75, 3.05) is 43.0 Å². The minimum Gasteiger partial charge on any atom is -0.466 e. The Bertz CT molecular complexity index is 1030. The van der Waals surface area contributed by atoms with Crippen LogP contribution in [0.1, 0.15) is 73.3 Å². The molecular formula is C26H34N4O4S. The predicted octanol–water partition coefficient (Wildman–Crippen LogP) is 4.44. The summed E-state index contributed by atoms with van der Waals surface area (Å²) in [6.07, 6.45) is 5.52. The molecule has 2 aliphatic rings. The maximum Gasteiger partial charge on any atom is 0.306 e. The van der Waals surface area contributed by atoms with Gasteiger partial charge < -0.3 is 19.9 Å². The molecule has 0 spiro atoms. The summed E-state index contributed by atoms with van der Waals surface area (Å²) in [5.41, 5.74) is 2.32. The number of carbonyl (C=O) groups excluding carboxylic acids is 3. The van der Waals surface area contributed by atoms with Crippen LogP contribution in [-0.4, -0.2) is 60.5 Å². The van der Waals surface area contributed by atoms with E-state index in [1.807, 2.05) is 28.5 Å². The molecule has 2 fully saturated rings. The van der Waals surface area contributed by atoms with Crippen molar-refractivity contribution in [1.82, 2.24) is 9.88 Å². The number of rotatable bonds is 8. The number of para-hydroxylation sites is 2. The van der Waals surface area contributed by atoms with Crippen molar-refractivity contribution in [3.05, 3.63) is 40.3 Å². The van der Waals surface area contributed by atoms with E-state index in [-0.39, 0.29) is 36.5 Å². The first kappa shape index (κ1) is 25.2. The smallest absolute Gasteiger partial charge is 0.306 e. The highest BCUT2D eigenvalue weighted by Crippen LogP contribution is 2.32. The van der Waals surface area contributed by atoms with Gasteiger partial charge in [0, 0.05) is 43.9 Å². The first-order valence-electron chi connectivity index (χ1n) is 12.6. The predicted molar refractivity (Wildman–Crippen MR) is 137 cm³/mol. The molecular weight excluding hydrogens is 464 g/mol. The number of piperidine rings is 2. The third-order valence-electron chi connectivity index (χ3n) is 6.65. The normalized spacial score (nSPS) is 16.7. The summed E-state index contributed by atoms with van der Waals surface area (Å²) in [5, 5.41) is 5.83. The molecule has 2 aliphatic heterocycles. The van der Waals surface area contributed by atoms with Gasteiger partial charge in [0.25, 0.3) is 5.91 Å². The van der Waals surface area contributed by atoms with E-state index >= 15 is 0 Å². The van der Waals surface area contributed by atoms with Gasteiger partial charge in [0.15, 0.2) is 0 Å². The summed E-state index contributed by atoms with van der Waals surface area (Å²) >= 11 is 1.51. The second-order valence-electron chi connectivity index (χ2n) is 9.05. The number of ether oxygens (including phenoxy) is 1. The summed E-state index contributed by atoms with van der Waals surface area (Å²) in [5.74, 6) is -0.300. The zero-order valence-corrected chi connectivity index (χ0v) is 21.1. The molecule has 2 amide bonds. The summed E-state index contributed by atoms with van der Waals surface area (Å²) in [7, 11) is 0. The van der Waals surface area contributed by atoms with Crippen molar-refractivity contribution in [2.24, 2.45) is 0 Å². The Morgan fingerprint density at radius 3 is 2.54 bits per heavy atom. The van der Waals surface area contributed by atoms with Crippen LogP contribution in [0.4, 0.5) is 11.4 Å². The molecule has 0 saturated carbocycles. The molecule has 35 heavy (non-hydrogen) atoms. The Labute approximate surface area is 210 Å².